The molecular formula is C22H19Cl2N5O3. The van der Waals surface area contributed by atoms with E-state index in [2.05, 4.69) is 15.0 Å². The van der Waals surface area contributed by atoms with Gasteiger partial charge in [0.1, 0.15) is 0 Å². The number of carbonyl (C=O) groups is 1. The van der Waals surface area contributed by atoms with Crippen LogP contribution in [0.4, 0.5) is 5.69 Å². The van der Waals surface area contributed by atoms with Gasteiger partial charge in [-0.3, -0.25) is 9.59 Å². The average Bonchev–Trinajstić information content (AvgIpc) is 2.96. The molecule has 4 N–H and O–H groups in total. The number of nitrogens with one attached hydrogen (secondary N) is 2. The summed E-state index contributed by atoms with van der Waals surface area (Å²) in [5.41, 5.74) is 9.81. The molecule has 164 valence electrons. The Kier molecular flexibility index (Phi) is 5.28. The number of hydrogen-bond donors (Lipinski definition) is 3. The van der Waals surface area contributed by atoms with E-state index in [0.717, 1.165) is 0 Å². The fraction of sp³-hybridized carbons (Fsp3) is 0.227. The Balaban J connectivity index is 1.59. The molecule has 1 saturated heterocycles. The first-order chi connectivity index (χ1) is 15.4. The van der Waals surface area contributed by atoms with Gasteiger partial charge in [-0.15, -0.1) is 0 Å². The third-order valence-corrected chi connectivity index (χ3v) is 6.32. The van der Waals surface area contributed by atoms with E-state index < -0.39 is 5.56 Å². The molecule has 2 aromatic heterocycles. The molecule has 10 heteroatoms. The molecular weight excluding hydrogens is 453 g/mol. The number of allylic oxidation sites excluding steroid dienone is 1. The van der Waals surface area contributed by atoms with Gasteiger partial charge in [0.25, 0.3) is 5.56 Å². The Morgan fingerprint density at radius 2 is 1.91 bits per heavy atom. The van der Waals surface area contributed by atoms with Crippen LogP contribution in [0.2, 0.25) is 10.0 Å². The highest BCUT2D eigenvalue weighted by Crippen LogP contribution is 2.34. The highest BCUT2D eigenvalue weighted by Gasteiger charge is 2.24. The van der Waals surface area contributed by atoms with Gasteiger partial charge in [0.2, 0.25) is 5.91 Å². The molecule has 32 heavy (non-hydrogen) atoms. The summed E-state index contributed by atoms with van der Waals surface area (Å²) >= 11 is 12.2. The van der Waals surface area contributed by atoms with E-state index in [1.54, 1.807) is 23.1 Å². The SMILES string of the molecule is Nc1c(-c2nc3cc(Cl)c(Cl)cc3[nH]c2=O)[nH]c2c1C=C(C(=O)N1CCOCC1)CC=C2. The molecule has 2 aliphatic rings. The van der Waals surface area contributed by atoms with Crippen LogP contribution in [0.1, 0.15) is 17.7 Å². The number of rotatable bonds is 2. The molecule has 1 fully saturated rings. The lowest BCUT2D eigenvalue weighted by Crippen LogP contribution is -2.41. The third-order valence-electron chi connectivity index (χ3n) is 5.59. The quantitative estimate of drug-likeness (QED) is 0.528. The summed E-state index contributed by atoms with van der Waals surface area (Å²) in [5.74, 6) is -0.0406. The van der Waals surface area contributed by atoms with Crippen molar-refractivity contribution in [3.63, 3.8) is 0 Å². The fourth-order valence-electron chi connectivity index (χ4n) is 3.93. The second-order valence-electron chi connectivity index (χ2n) is 7.62. The predicted octanol–water partition coefficient (Wildman–Crippen LogP) is 3.47. The van der Waals surface area contributed by atoms with Crippen molar-refractivity contribution in [3.05, 3.63) is 55.4 Å². The number of nitrogens with two attached hydrogens (primary N) is 1. The molecule has 0 saturated carbocycles. The number of H-pyrrole nitrogens is 2. The fourth-order valence-corrected chi connectivity index (χ4v) is 4.25. The highest BCUT2D eigenvalue weighted by atomic mass is 35.5. The molecule has 0 bridgehead atoms. The van der Waals surface area contributed by atoms with Gasteiger partial charge >= 0.3 is 0 Å². The molecule has 8 nitrogen and oxygen atoms in total. The first-order valence-electron chi connectivity index (χ1n) is 10.1. The summed E-state index contributed by atoms with van der Waals surface area (Å²) < 4.78 is 5.34. The monoisotopic (exact) mass is 471 g/mol. The maximum Gasteiger partial charge on any atom is 0.276 e. The van der Waals surface area contributed by atoms with Crippen molar-refractivity contribution in [1.82, 2.24) is 19.9 Å². The van der Waals surface area contributed by atoms with E-state index in [9.17, 15) is 9.59 Å². The second kappa shape index (κ2) is 8.12. The zero-order valence-electron chi connectivity index (χ0n) is 16.9. The van der Waals surface area contributed by atoms with E-state index in [1.165, 1.54) is 0 Å². The van der Waals surface area contributed by atoms with Gasteiger partial charge in [-0.1, -0.05) is 29.3 Å². The number of aromatic nitrogens is 3. The molecule has 5 rings (SSSR count). The number of benzene rings is 1. The minimum absolute atomic E-state index is 0.0406. The summed E-state index contributed by atoms with van der Waals surface area (Å²) in [4.78, 5) is 38.0. The molecule has 0 spiro atoms. The molecule has 3 aromatic rings. The Morgan fingerprint density at radius 3 is 2.69 bits per heavy atom. The molecule has 3 heterocycles. The number of nitrogen functional groups attached to an aromatic ring is 1. The lowest BCUT2D eigenvalue weighted by atomic mass is 10.1. The number of aromatic amines is 2. The first kappa shape index (κ1) is 20.8. The number of fused-ring (bicyclic) bond motifs is 2. The Hall–Kier alpha value is -3.07. The summed E-state index contributed by atoms with van der Waals surface area (Å²) in [5, 5.41) is 0.653. The van der Waals surface area contributed by atoms with Crippen molar-refractivity contribution >= 4 is 58.0 Å². The topological polar surface area (TPSA) is 117 Å². The average molecular weight is 472 g/mol. The largest absolute Gasteiger partial charge is 0.396 e. The van der Waals surface area contributed by atoms with E-state index in [0.29, 0.717) is 82.0 Å². The number of hydrogen-bond acceptors (Lipinski definition) is 5. The van der Waals surface area contributed by atoms with E-state index >= 15 is 0 Å². The van der Waals surface area contributed by atoms with Gasteiger partial charge in [-0.2, -0.15) is 0 Å². The van der Waals surface area contributed by atoms with Gasteiger partial charge in [-0.05, 0) is 30.7 Å². The van der Waals surface area contributed by atoms with Gasteiger partial charge in [-0.25, -0.2) is 4.98 Å². The molecule has 0 radical (unpaired) electrons. The number of amides is 1. The zero-order valence-corrected chi connectivity index (χ0v) is 18.4. The maximum atomic E-state index is 13.0. The Bertz CT molecular complexity index is 1370. The first-order valence-corrected chi connectivity index (χ1v) is 10.8. The van der Waals surface area contributed by atoms with Crippen molar-refractivity contribution in [3.8, 4) is 11.4 Å². The molecule has 0 unspecified atom stereocenters. The number of nitrogens with zero attached hydrogens (tertiary/aromatic N) is 2. The minimum atomic E-state index is -0.420. The standard InChI is InChI=1S/C22H19Cl2N5O3/c23-13-9-16-17(10-14(13)24)28-21(30)20(27-16)19-18(25)12-8-11(2-1-3-15(12)26-19)22(31)29-4-6-32-7-5-29/h1,3,8-10,26H,2,4-7,25H2,(H,28,30). The van der Waals surface area contributed by atoms with E-state index in [4.69, 9.17) is 33.7 Å². The van der Waals surface area contributed by atoms with Crippen molar-refractivity contribution in [2.75, 3.05) is 32.0 Å². The third kappa shape index (κ3) is 3.60. The number of carbonyl (C=O) groups excluding carboxylic acids is 1. The molecule has 1 aliphatic carbocycles. The van der Waals surface area contributed by atoms with Crippen LogP contribution in [-0.4, -0.2) is 52.1 Å². The van der Waals surface area contributed by atoms with Crippen molar-refractivity contribution in [2.45, 2.75) is 6.42 Å². The van der Waals surface area contributed by atoms with Crippen LogP contribution >= 0.6 is 23.2 Å². The molecule has 1 aromatic carbocycles. The van der Waals surface area contributed by atoms with Gasteiger partial charge < -0.3 is 25.3 Å². The van der Waals surface area contributed by atoms with Crippen molar-refractivity contribution in [2.24, 2.45) is 0 Å². The minimum Gasteiger partial charge on any atom is -0.396 e. The second-order valence-corrected chi connectivity index (χ2v) is 8.43. The number of morpholine rings is 1. The Labute approximate surface area is 192 Å². The van der Waals surface area contributed by atoms with Crippen molar-refractivity contribution < 1.29 is 9.53 Å². The van der Waals surface area contributed by atoms with Crippen molar-refractivity contribution in [1.29, 1.82) is 0 Å². The summed E-state index contributed by atoms with van der Waals surface area (Å²) in [6.07, 6.45) is 6.03. The van der Waals surface area contributed by atoms with Crippen LogP contribution in [-0.2, 0) is 9.53 Å². The predicted molar refractivity (Wildman–Crippen MR) is 126 cm³/mol. The van der Waals surface area contributed by atoms with Crippen LogP contribution in [0.25, 0.3) is 34.6 Å². The Morgan fingerprint density at radius 1 is 1.16 bits per heavy atom. The lowest BCUT2D eigenvalue weighted by molar-refractivity contribution is -0.131. The van der Waals surface area contributed by atoms with Gasteiger partial charge in [0, 0.05) is 29.9 Å². The summed E-state index contributed by atoms with van der Waals surface area (Å²) in [6.45, 7) is 2.18. The molecule has 0 atom stereocenters. The van der Waals surface area contributed by atoms with Gasteiger partial charge in [0.05, 0.1) is 45.7 Å². The molecule has 1 amide bonds. The van der Waals surface area contributed by atoms with Crippen LogP contribution < -0.4 is 11.3 Å². The van der Waals surface area contributed by atoms with Gasteiger partial charge in [0.15, 0.2) is 5.69 Å². The van der Waals surface area contributed by atoms with Crippen LogP contribution in [0.3, 0.4) is 0 Å². The number of ether oxygens (including phenoxy) is 1. The summed E-state index contributed by atoms with van der Waals surface area (Å²) in [6, 6.07) is 3.14. The van der Waals surface area contributed by atoms with Crippen LogP contribution in [0.15, 0.2) is 28.6 Å². The number of halogens is 2. The normalized spacial score (nSPS) is 16.1. The highest BCUT2D eigenvalue weighted by molar-refractivity contribution is 6.42. The van der Waals surface area contributed by atoms with Crippen LogP contribution in [0, 0.1) is 0 Å². The van der Waals surface area contributed by atoms with E-state index in [1.807, 2.05) is 12.2 Å². The number of anilines is 1. The molecule has 1 aliphatic heterocycles. The zero-order chi connectivity index (χ0) is 22.4. The van der Waals surface area contributed by atoms with E-state index in [-0.39, 0.29) is 11.6 Å². The maximum absolute atomic E-state index is 13.0. The lowest BCUT2D eigenvalue weighted by Gasteiger charge is -2.27. The van der Waals surface area contributed by atoms with Crippen LogP contribution in [0.5, 0.6) is 0 Å². The smallest absolute Gasteiger partial charge is 0.276 e. The summed E-state index contributed by atoms with van der Waals surface area (Å²) in [7, 11) is 0.